The number of halogens is 1. The molecule has 1 spiro atoms. The molecule has 0 bridgehead atoms. The molecule has 1 aromatic rings. The fraction of sp³-hybridized carbons (Fsp3) is 0.696. The van der Waals surface area contributed by atoms with E-state index in [1.165, 1.54) is 25.7 Å². The van der Waals surface area contributed by atoms with E-state index in [1.807, 2.05) is 12.1 Å². The molecule has 2 aliphatic carbocycles. The van der Waals surface area contributed by atoms with Crippen LogP contribution in [0.15, 0.2) is 24.5 Å². The van der Waals surface area contributed by atoms with Gasteiger partial charge in [-0.25, -0.2) is 0 Å². The number of aromatic nitrogens is 1. The van der Waals surface area contributed by atoms with Gasteiger partial charge in [0, 0.05) is 50.2 Å². The second-order valence-electron chi connectivity index (χ2n) is 9.32. The number of nitrogens with one attached hydrogen (secondary N) is 1. The highest BCUT2D eigenvalue weighted by molar-refractivity contribution is 6.27. The molecule has 1 atom stereocenters. The maximum absolute atomic E-state index is 13.4. The lowest BCUT2D eigenvalue weighted by atomic mass is 9.63. The first-order chi connectivity index (χ1) is 14.6. The van der Waals surface area contributed by atoms with Crippen LogP contribution in [0.3, 0.4) is 0 Å². The minimum absolute atomic E-state index is 0.118. The zero-order valence-electron chi connectivity index (χ0n) is 17.7. The van der Waals surface area contributed by atoms with E-state index in [4.69, 9.17) is 11.6 Å². The minimum atomic E-state index is -0.689. The molecular formula is C23H33ClN4O2. The van der Waals surface area contributed by atoms with Gasteiger partial charge in [-0.1, -0.05) is 31.7 Å². The number of rotatable bonds is 8. The smallest absolute Gasteiger partial charge is 0.247 e. The fourth-order valence-corrected chi connectivity index (χ4v) is 5.47. The van der Waals surface area contributed by atoms with Gasteiger partial charge in [-0.05, 0) is 37.2 Å². The molecule has 30 heavy (non-hydrogen) atoms. The highest BCUT2D eigenvalue weighted by Crippen LogP contribution is 2.47. The molecule has 7 heteroatoms. The van der Waals surface area contributed by atoms with Crippen molar-refractivity contribution in [2.24, 2.45) is 5.41 Å². The predicted octanol–water partition coefficient (Wildman–Crippen LogP) is 3.12. The monoisotopic (exact) mass is 432 g/mol. The SMILES string of the molecule is O=C(NC1CCCCC1)C(c1cccnc1)N(CCN1CC2(CCC2)C1)C(=O)CCl. The molecule has 2 amide bonds. The van der Waals surface area contributed by atoms with Crippen LogP contribution in [-0.2, 0) is 9.59 Å². The second kappa shape index (κ2) is 9.65. The number of amides is 2. The quantitative estimate of drug-likeness (QED) is 0.641. The Morgan fingerprint density at radius 3 is 2.60 bits per heavy atom. The molecule has 0 aromatic carbocycles. The van der Waals surface area contributed by atoms with E-state index in [0.29, 0.717) is 12.0 Å². The van der Waals surface area contributed by atoms with Gasteiger partial charge in [0.15, 0.2) is 0 Å². The van der Waals surface area contributed by atoms with E-state index < -0.39 is 6.04 Å². The van der Waals surface area contributed by atoms with Crippen LogP contribution < -0.4 is 5.32 Å². The van der Waals surface area contributed by atoms with Crippen molar-refractivity contribution in [3.05, 3.63) is 30.1 Å². The molecule has 164 valence electrons. The third-order valence-corrected chi connectivity index (χ3v) is 7.36. The summed E-state index contributed by atoms with van der Waals surface area (Å²) in [6, 6.07) is 3.19. The first-order valence-corrected chi connectivity index (χ1v) is 11.9. The Morgan fingerprint density at radius 2 is 2.00 bits per heavy atom. The molecule has 1 aliphatic heterocycles. The van der Waals surface area contributed by atoms with E-state index in [2.05, 4.69) is 15.2 Å². The highest BCUT2D eigenvalue weighted by atomic mass is 35.5. The van der Waals surface area contributed by atoms with Crippen molar-refractivity contribution in [1.29, 1.82) is 0 Å². The van der Waals surface area contributed by atoms with Gasteiger partial charge >= 0.3 is 0 Å². The normalized spacial score (nSPS) is 22.0. The first-order valence-electron chi connectivity index (χ1n) is 11.4. The number of hydrogen-bond acceptors (Lipinski definition) is 4. The van der Waals surface area contributed by atoms with Gasteiger partial charge in [-0.15, -0.1) is 11.6 Å². The van der Waals surface area contributed by atoms with Crippen LogP contribution in [0, 0.1) is 5.41 Å². The molecule has 0 radical (unpaired) electrons. The molecule has 6 nitrogen and oxygen atoms in total. The Morgan fingerprint density at radius 1 is 1.23 bits per heavy atom. The Hall–Kier alpha value is -1.66. The van der Waals surface area contributed by atoms with Crippen LogP contribution in [0.25, 0.3) is 0 Å². The van der Waals surface area contributed by atoms with E-state index in [1.54, 1.807) is 17.3 Å². The molecule has 2 heterocycles. The van der Waals surface area contributed by atoms with Crippen LogP contribution in [0.5, 0.6) is 0 Å². The van der Waals surface area contributed by atoms with Crippen molar-refractivity contribution in [3.63, 3.8) is 0 Å². The molecular weight excluding hydrogens is 400 g/mol. The Balaban J connectivity index is 1.47. The van der Waals surface area contributed by atoms with Crippen molar-refractivity contribution in [2.45, 2.75) is 63.5 Å². The summed E-state index contributed by atoms with van der Waals surface area (Å²) >= 11 is 5.96. The van der Waals surface area contributed by atoms with E-state index in [9.17, 15) is 9.59 Å². The third kappa shape index (κ3) is 4.80. The molecule has 4 rings (SSSR count). The first kappa shape index (κ1) is 21.6. The molecule has 1 aromatic heterocycles. The summed E-state index contributed by atoms with van der Waals surface area (Å²) in [7, 11) is 0. The number of nitrogens with zero attached hydrogens (tertiary/aromatic N) is 3. The van der Waals surface area contributed by atoms with E-state index >= 15 is 0 Å². The third-order valence-electron chi connectivity index (χ3n) is 7.14. The van der Waals surface area contributed by atoms with Crippen LogP contribution in [-0.4, -0.2) is 64.7 Å². The largest absolute Gasteiger partial charge is 0.351 e. The number of pyridine rings is 1. The van der Waals surface area contributed by atoms with Crippen molar-refractivity contribution in [2.75, 3.05) is 32.1 Å². The van der Waals surface area contributed by atoms with Gasteiger partial charge in [0.1, 0.15) is 11.9 Å². The fourth-order valence-electron chi connectivity index (χ4n) is 5.31. The van der Waals surface area contributed by atoms with Crippen LogP contribution in [0.2, 0.25) is 0 Å². The van der Waals surface area contributed by atoms with Gasteiger partial charge in [-0.2, -0.15) is 0 Å². The van der Waals surface area contributed by atoms with Crippen LogP contribution >= 0.6 is 11.6 Å². The Labute approximate surface area is 184 Å². The van der Waals surface area contributed by atoms with Gasteiger partial charge < -0.3 is 15.1 Å². The van der Waals surface area contributed by atoms with Crippen molar-refractivity contribution < 1.29 is 9.59 Å². The van der Waals surface area contributed by atoms with Crippen molar-refractivity contribution in [3.8, 4) is 0 Å². The topological polar surface area (TPSA) is 65.5 Å². The average molecular weight is 433 g/mol. The Kier molecular flexibility index (Phi) is 6.94. The molecule has 3 fully saturated rings. The zero-order valence-corrected chi connectivity index (χ0v) is 18.4. The summed E-state index contributed by atoms with van der Waals surface area (Å²) in [5.74, 6) is -0.451. The van der Waals surface area contributed by atoms with Crippen molar-refractivity contribution in [1.82, 2.24) is 20.1 Å². The molecule has 1 N–H and O–H groups in total. The predicted molar refractivity (Wildman–Crippen MR) is 117 cm³/mol. The summed E-state index contributed by atoms with van der Waals surface area (Å²) in [4.78, 5) is 34.4. The highest BCUT2D eigenvalue weighted by Gasteiger charge is 2.47. The van der Waals surface area contributed by atoms with E-state index in [0.717, 1.165) is 50.9 Å². The summed E-state index contributed by atoms with van der Waals surface area (Å²) in [6.07, 6.45) is 12.9. The van der Waals surface area contributed by atoms with Gasteiger partial charge in [0.05, 0.1) is 0 Å². The number of hydrogen-bond donors (Lipinski definition) is 1. The maximum atomic E-state index is 13.4. The molecule has 1 saturated heterocycles. The standard InChI is InChI=1S/C23H33ClN4O2/c24-14-20(29)28(13-12-27-16-23(17-27)9-5-10-23)21(18-6-4-11-25-15-18)22(30)26-19-7-2-1-3-8-19/h4,6,11,15,19,21H,1-3,5,7-10,12-14,16-17H2,(H,26,30). The molecule has 1 unspecified atom stereocenters. The summed E-state index contributed by atoms with van der Waals surface area (Å²) in [5, 5.41) is 3.21. The maximum Gasteiger partial charge on any atom is 0.247 e. The van der Waals surface area contributed by atoms with Gasteiger partial charge in [0.2, 0.25) is 11.8 Å². The molecule has 2 saturated carbocycles. The zero-order chi connectivity index (χ0) is 21.0. The van der Waals surface area contributed by atoms with Gasteiger partial charge in [-0.3, -0.25) is 14.6 Å². The summed E-state index contributed by atoms with van der Waals surface area (Å²) < 4.78 is 0. The number of carbonyl (C=O) groups is 2. The lowest BCUT2D eigenvalue weighted by Crippen LogP contribution is -2.61. The Bertz CT molecular complexity index is 726. The second-order valence-corrected chi connectivity index (χ2v) is 9.58. The lowest BCUT2D eigenvalue weighted by molar-refractivity contribution is -0.140. The lowest BCUT2D eigenvalue weighted by Gasteiger charge is -2.56. The molecule has 3 aliphatic rings. The average Bonchev–Trinajstić information content (AvgIpc) is 2.71. The summed E-state index contributed by atoms with van der Waals surface area (Å²) in [5.41, 5.74) is 1.28. The van der Waals surface area contributed by atoms with Crippen LogP contribution in [0.4, 0.5) is 0 Å². The number of carbonyl (C=O) groups excluding carboxylic acids is 2. The number of likely N-dealkylation sites (tertiary alicyclic amines) is 1. The summed E-state index contributed by atoms with van der Waals surface area (Å²) in [6.45, 7) is 3.50. The van der Waals surface area contributed by atoms with Gasteiger partial charge in [0.25, 0.3) is 0 Å². The van der Waals surface area contributed by atoms with Crippen molar-refractivity contribution >= 4 is 23.4 Å². The van der Waals surface area contributed by atoms with E-state index in [-0.39, 0.29) is 23.7 Å². The van der Waals surface area contributed by atoms with Crippen LogP contribution in [0.1, 0.15) is 63.0 Å². The number of alkyl halides is 1. The minimum Gasteiger partial charge on any atom is -0.351 e.